The first kappa shape index (κ1) is 16.4. The number of likely N-dealkylation sites (tertiary alicyclic amines) is 1. The van der Waals surface area contributed by atoms with Crippen LogP contribution in [-0.4, -0.2) is 39.8 Å². The van der Waals surface area contributed by atoms with Gasteiger partial charge in [0.05, 0.1) is 11.2 Å². The van der Waals surface area contributed by atoms with Crippen LogP contribution in [0, 0.1) is 12.7 Å². The van der Waals surface area contributed by atoms with Crippen molar-refractivity contribution in [1.82, 2.24) is 9.88 Å². The van der Waals surface area contributed by atoms with E-state index in [-0.39, 0.29) is 11.9 Å². The molecule has 0 amide bonds. The number of benzene rings is 1. The van der Waals surface area contributed by atoms with E-state index in [4.69, 9.17) is 4.74 Å². The van der Waals surface area contributed by atoms with Gasteiger partial charge in [0.15, 0.2) is 0 Å². The van der Waals surface area contributed by atoms with E-state index < -0.39 is 5.60 Å². The lowest BCUT2D eigenvalue weighted by molar-refractivity contribution is -0.0992. The van der Waals surface area contributed by atoms with Crippen LogP contribution < -0.4 is 4.74 Å². The number of β-amino-alcohol motifs (C(OH)–C–C–N with tert-alkyl or cyclic N) is 1. The monoisotopic (exact) mass is 336 g/mol. The van der Waals surface area contributed by atoms with Crippen molar-refractivity contribution in [1.29, 1.82) is 0 Å². The SMILES string of the molecule is Cc1ncsc1CN1CC[C@H](Oc2cccc(F)c2)[C@@](C)(O)C1. The summed E-state index contributed by atoms with van der Waals surface area (Å²) in [6.45, 7) is 5.92. The molecule has 2 heterocycles. The summed E-state index contributed by atoms with van der Waals surface area (Å²) in [6.07, 6.45) is 0.351. The van der Waals surface area contributed by atoms with E-state index in [1.165, 1.54) is 17.0 Å². The third-order valence-electron chi connectivity index (χ3n) is 4.23. The molecule has 2 atom stereocenters. The third-order valence-corrected chi connectivity index (χ3v) is 5.15. The molecule has 124 valence electrons. The lowest BCUT2D eigenvalue weighted by Gasteiger charge is -2.42. The van der Waals surface area contributed by atoms with E-state index >= 15 is 0 Å². The lowest BCUT2D eigenvalue weighted by Crippen LogP contribution is -2.56. The van der Waals surface area contributed by atoms with Gasteiger partial charge in [-0.1, -0.05) is 6.07 Å². The Morgan fingerprint density at radius 3 is 3.00 bits per heavy atom. The Balaban J connectivity index is 1.64. The molecule has 6 heteroatoms. The molecule has 1 aromatic carbocycles. The Morgan fingerprint density at radius 1 is 1.52 bits per heavy atom. The van der Waals surface area contributed by atoms with Crippen LogP contribution in [0.5, 0.6) is 5.75 Å². The Morgan fingerprint density at radius 2 is 2.35 bits per heavy atom. The van der Waals surface area contributed by atoms with Crippen LogP contribution in [-0.2, 0) is 6.54 Å². The first-order valence-electron chi connectivity index (χ1n) is 7.70. The van der Waals surface area contributed by atoms with E-state index in [9.17, 15) is 9.50 Å². The normalized spacial score (nSPS) is 25.5. The molecule has 0 unspecified atom stereocenters. The quantitative estimate of drug-likeness (QED) is 0.932. The van der Waals surface area contributed by atoms with Gasteiger partial charge in [0.25, 0.3) is 0 Å². The number of ether oxygens (including phenoxy) is 1. The second-order valence-electron chi connectivity index (χ2n) is 6.28. The summed E-state index contributed by atoms with van der Waals surface area (Å²) >= 11 is 1.64. The summed E-state index contributed by atoms with van der Waals surface area (Å²) < 4.78 is 19.1. The molecule has 1 aromatic heterocycles. The molecule has 1 aliphatic rings. The zero-order chi connectivity index (χ0) is 16.4. The van der Waals surface area contributed by atoms with Crippen molar-refractivity contribution in [2.45, 2.75) is 38.5 Å². The molecule has 0 radical (unpaired) electrons. The van der Waals surface area contributed by atoms with Crippen molar-refractivity contribution in [2.75, 3.05) is 13.1 Å². The molecular weight excluding hydrogens is 315 g/mol. The number of aliphatic hydroxyl groups is 1. The molecule has 0 spiro atoms. The minimum atomic E-state index is -0.983. The fourth-order valence-electron chi connectivity index (χ4n) is 2.95. The van der Waals surface area contributed by atoms with Crippen LogP contribution >= 0.6 is 11.3 Å². The number of thiazole rings is 1. The number of piperidine rings is 1. The Labute approximate surface area is 139 Å². The second kappa shape index (κ2) is 6.55. The van der Waals surface area contributed by atoms with E-state index in [1.807, 2.05) is 12.4 Å². The van der Waals surface area contributed by atoms with Crippen LogP contribution in [0.4, 0.5) is 4.39 Å². The third kappa shape index (κ3) is 3.88. The summed E-state index contributed by atoms with van der Waals surface area (Å²) in [5, 5.41) is 10.8. The number of aromatic nitrogens is 1. The van der Waals surface area contributed by atoms with Gasteiger partial charge in [-0.2, -0.15) is 0 Å². The van der Waals surface area contributed by atoms with Crippen LogP contribution in [0.1, 0.15) is 23.9 Å². The Hall–Kier alpha value is -1.50. The van der Waals surface area contributed by atoms with Crippen LogP contribution in [0.2, 0.25) is 0 Å². The molecule has 2 aromatic rings. The Bertz CT molecular complexity index is 674. The fraction of sp³-hybridized carbons (Fsp3) is 0.471. The molecule has 0 aliphatic carbocycles. The average Bonchev–Trinajstić information content (AvgIpc) is 2.87. The first-order chi connectivity index (χ1) is 10.9. The van der Waals surface area contributed by atoms with Crippen molar-refractivity contribution in [3.05, 3.63) is 46.2 Å². The molecular formula is C17H21FN2O2S. The maximum Gasteiger partial charge on any atom is 0.129 e. The molecule has 1 fully saturated rings. The first-order valence-corrected chi connectivity index (χ1v) is 8.58. The minimum Gasteiger partial charge on any atom is -0.487 e. The summed E-state index contributed by atoms with van der Waals surface area (Å²) in [4.78, 5) is 7.71. The second-order valence-corrected chi connectivity index (χ2v) is 7.22. The van der Waals surface area contributed by atoms with Gasteiger partial charge in [0, 0.05) is 30.6 Å². The number of hydrogen-bond acceptors (Lipinski definition) is 5. The zero-order valence-corrected chi connectivity index (χ0v) is 14.1. The van der Waals surface area contributed by atoms with Crippen LogP contribution in [0.15, 0.2) is 29.8 Å². The molecule has 3 rings (SSSR count). The summed E-state index contributed by atoms with van der Waals surface area (Å²) in [5.74, 6) is 0.127. The van der Waals surface area contributed by atoms with E-state index in [0.29, 0.717) is 18.7 Å². The van der Waals surface area contributed by atoms with Crippen molar-refractivity contribution in [3.8, 4) is 5.75 Å². The van der Waals surface area contributed by atoms with Gasteiger partial charge in [-0.15, -0.1) is 11.3 Å². The summed E-state index contributed by atoms with van der Waals surface area (Å²) in [5.41, 5.74) is 1.92. The highest BCUT2D eigenvalue weighted by Crippen LogP contribution is 2.28. The molecule has 1 N–H and O–H groups in total. The van der Waals surface area contributed by atoms with Crippen LogP contribution in [0.25, 0.3) is 0 Å². The van der Waals surface area contributed by atoms with Gasteiger partial charge in [0.2, 0.25) is 0 Å². The maximum atomic E-state index is 13.3. The number of hydrogen-bond donors (Lipinski definition) is 1. The highest BCUT2D eigenvalue weighted by Gasteiger charge is 2.39. The van der Waals surface area contributed by atoms with Gasteiger partial charge in [-0.25, -0.2) is 9.37 Å². The summed E-state index contributed by atoms with van der Waals surface area (Å²) in [7, 11) is 0. The highest BCUT2D eigenvalue weighted by atomic mass is 32.1. The average molecular weight is 336 g/mol. The summed E-state index contributed by atoms with van der Waals surface area (Å²) in [6, 6.07) is 6.06. The van der Waals surface area contributed by atoms with E-state index in [0.717, 1.165) is 18.8 Å². The predicted molar refractivity (Wildman–Crippen MR) is 88.2 cm³/mol. The predicted octanol–water partition coefficient (Wildman–Crippen LogP) is 2.99. The van der Waals surface area contributed by atoms with Crippen molar-refractivity contribution in [2.24, 2.45) is 0 Å². The topological polar surface area (TPSA) is 45.6 Å². The highest BCUT2D eigenvalue weighted by molar-refractivity contribution is 7.09. The van der Waals surface area contributed by atoms with Crippen molar-refractivity contribution < 1.29 is 14.2 Å². The van der Waals surface area contributed by atoms with Crippen molar-refractivity contribution in [3.63, 3.8) is 0 Å². The molecule has 0 bridgehead atoms. The molecule has 1 aliphatic heterocycles. The van der Waals surface area contributed by atoms with Gasteiger partial charge < -0.3 is 9.84 Å². The molecule has 4 nitrogen and oxygen atoms in total. The van der Waals surface area contributed by atoms with Gasteiger partial charge in [-0.3, -0.25) is 4.90 Å². The minimum absolute atomic E-state index is 0.333. The fourth-order valence-corrected chi connectivity index (χ4v) is 3.77. The number of halogens is 1. The Kier molecular flexibility index (Phi) is 4.66. The smallest absolute Gasteiger partial charge is 0.129 e. The van der Waals surface area contributed by atoms with Gasteiger partial charge in [0.1, 0.15) is 23.3 Å². The largest absolute Gasteiger partial charge is 0.487 e. The van der Waals surface area contributed by atoms with E-state index in [2.05, 4.69) is 9.88 Å². The molecule has 1 saturated heterocycles. The van der Waals surface area contributed by atoms with E-state index in [1.54, 1.807) is 30.4 Å². The lowest BCUT2D eigenvalue weighted by atomic mass is 9.91. The van der Waals surface area contributed by atoms with Crippen LogP contribution in [0.3, 0.4) is 0 Å². The molecule has 0 saturated carbocycles. The van der Waals surface area contributed by atoms with Crippen molar-refractivity contribution >= 4 is 11.3 Å². The van der Waals surface area contributed by atoms with Gasteiger partial charge >= 0.3 is 0 Å². The molecule has 23 heavy (non-hydrogen) atoms. The number of aryl methyl sites for hydroxylation is 1. The standard InChI is InChI=1S/C17H21FN2O2S/c1-12-15(23-11-19-12)9-20-7-6-16(17(2,21)10-20)22-14-5-3-4-13(18)8-14/h3-5,8,11,16,21H,6-7,9-10H2,1-2H3/t16-,17-/m0/s1. The number of nitrogens with zero attached hydrogens (tertiary/aromatic N) is 2. The maximum absolute atomic E-state index is 13.3. The zero-order valence-electron chi connectivity index (χ0n) is 13.3. The van der Waals surface area contributed by atoms with Gasteiger partial charge in [-0.05, 0) is 32.4 Å². The number of rotatable bonds is 4.